The first-order valence-electron chi connectivity index (χ1n) is 6.61. The molecule has 0 saturated carbocycles. The van der Waals surface area contributed by atoms with E-state index in [9.17, 15) is 53.4 Å². The molecule has 1 atom stereocenters. The van der Waals surface area contributed by atoms with Crippen LogP contribution in [0.1, 0.15) is 39.5 Å². The Hall–Kier alpha value is -0.810. The van der Waals surface area contributed by atoms with Gasteiger partial charge >= 0.3 is 29.9 Å². The molecule has 0 radical (unpaired) electrons. The van der Waals surface area contributed by atoms with Crippen LogP contribution in [0.15, 0.2) is 0 Å². The molecule has 1 nitrogen and oxygen atoms in total. The van der Waals surface area contributed by atoms with Gasteiger partial charge in [0.1, 0.15) is 5.60 Å². The second-order valence-corrected chi connectivity index (χ2v) is 5.53. The van der Waals surface area contributed by atoms with Gasteiger partial charge in [0, 0.05) is 0 Å². The van der Waals surface area contributed by atoms with Crippen molar-refractivity contribution in [2.45, 2.75) is 75.0 Å². The molecule has 24 heavy (non-hydrogen) atoms. The third kappa shape index (κ3) is 3.43. The van der Waals surface area contributed by atoms with E-state index in [0.717, 1.165) is 0 Å². The van der Waals surface area contributed by atoms with Crippen molar-refractivity contribution in [2.24, 2.45) is 0 Å². The smallest absolute Gasteiger partial charge is 0.384 e. The second kappa shape index (κ2) is 6.49. The molecule has 1 N–H and O–H groups in total. The van der Waals surface area contributed by atoms with Crippen LogP contribution < -0.4 is 0 Å². The lowest BCUT2D eigenvalue weighted by atomic mass is 9.83. The Labute approximate surface area is 129 Å². The summed E-state index contributed by atoms with van der Waals surface area (Å²) in [5.41, 5.74) is -3.93. The maximum absolute atomic E-state index is 13.6. The lowest BCUT2D eigenvalue weighted by Crippen LogP contribution is -2.71. The molecule has 0 bridgehead atoms. The third-order valence-electron chi connectivity index (χ3n) is 3.48. The molecule has 0 aromatic rings. The molecule has 0 fully saturated rings. The molecule has 0 aromatic carbocycles. The summed E-state index contributed by atoms with van der Waals surface area (Å²) in [5.74, 6) is -28.4. The largest absolute Gasteiger partial charge is 0.460 e. The van der Waals surface area contributed by atoms with Crippen molar-refractivity contribution in [1.29, 1.82) is 0 Å². The van der Waals surface area contributed by atoms with Gasteiger partial charge in [-0.2, -0.15) is 48.3 Å². The van der Waals surface area contributed by atoms with Gasteiger partial charge in [0.15, 0.2) is 0 Å². The summed E-state index contributed by atoms with van der Waals surface area (Å²) >= 11 is 0. The minimum absolute atomic E-state index is 0.0294. The minimum Gasteiger partial charge on any atom is -0.384 e. The van der Waals surface area contributed by atoms with E-state index in [-0.39, 0.29) is 19.8 Å². The van der Waals surface area contributed by atoms with Crippen molar-refractivity contribution < 1.29 is 53.4 Å². The van der Waals surface area contributed by atoms with Crippen LogP contribution in [-0.2, 0) is 0 Å². The maximum atomic E-state index is 13.6. The summed E-state index contributed by atoms with van der Waals surface area (Å²) in [6.07, 6.45) is -8.33. The second-order valence-electron chi connectivity index (χ2n) is 5.53. The first kappa shape index (κ1) is 23.2. The van der Waals surface area contributed by atoms with Crippen LogP contribution in [-0.4, -0.2) is 40.6 Å². The molecule has 146 valence electrons. The van der Waals surface area contributed by atoms with E-state index in [2.05, 4.69) is 0 Å². The Morgan fingerprint density at radius 3 is 1.33 bits per heavy atom. The molecular weight excluding hydrogens is 369 g/mol. The highest BCUT2D eigenvalue weighted by atomic mass is 19.4. The third-order valence-corrected chi connectivity index (χ3v) is 3.48. The summed E-state index contributed by atoms with van der Waals surface area (Å²) in [4.78, 5) is 0. The van der Waals surface area contributed by atoms with E-state index in [1.807, 2.05) is 0 Å². The molecule has 0 saturated heterocycles. The number of halogens is 11. The normalized spacial score (nSPS) is 17.8. The van der Waals surface area contributed by atoms with Crippen LogP contribution in [0.2, 0.25) is 0 Å². The van der Waals surface area contributed by atoms with Gasteiger partial charge in [-0.15, -0.1) is 0 Å². The first-order chi connectivity index (χ1) is 10.3. The molecule has 0 spiro atoms. The standard InChI is InChI=1S/C12H15F11O/c1-3-4-5-6-7(2,24)8(13,14)9(15,16)10(17,18)11(19,20)12(21,22)23/h24H,3-6H2,1-2H3. The number of hydrogen-bond acceptors (Lipinski definition) is 1. The summed E-state index contributed by atoms with van der Waals surface area (Å²) < 4.78 is 141. The molecule has 1 unspecified atom stereocenters. The average molecular weight is 384 g/mol. The van der Waals surface area contributed by atoms with Crippen molar-refractivity contribution in [3.05, 3.63) is 0 Å². The zero-order chi connectivity index (χ0) is 19.8. The fourth-order valence-electron chi connectivity index (χ4n) is 1.79. The summed E-state index contributed by atoms with van der Waals surface area (Å²) in [6.45, 7) is 1.51. The lowest BCUT2D eigenvalue weighted by molar-refractivity contribution is -0.435. The number of aliphatic hydroxyl groups is 1. The van der Waals surface area contributed by atoms with Gasteiger partial charge in [-0.25, -0.2) is 0 Å². The summed E-state index contributed by atoms with van der Waals surface area (Å²) in [7, 11) is 0. The molecule has 0 amide bonds. The predicted octanol–water partition coefficient (Wildman–Crippen LogP) is 5.42. The fraction of sp³-hybridized carbons (Fsp3) is 1.00. The first-order valence-corrected chi connectivity index (χ1v) is 6.61. The highest BCUT2D eigenvalue weighted by Gasteiger charge is 2.89. The quantitative estimate of drug-likeness (QED) is 0.438. The predicted molar refractivity (Wildman–Crippen MR) is 60.6 cm³/mol. The number of unbranched alkanes of at least 4 members (excludes halogenated alkanes) is 2. The Bertz CT molecular complexity index is 425. The van der Waals surface area contributed by atoms with E-state index in [0.29, 0.717) is 6.42 Å². The molecule has 0 aromatic heterocycles. The lowest BCUT2D eigenvalue weighted by Gasteiger charge is -2.42. The molecule has 0 aliphatic heterocycles. The monoisotopic (exact) mass is 384 g/mol. The Balaban J connectivity index is 5.92. The highest BCUT2D eigenvalue weighted by Crippen LogP contribution is 2.59. The van der Waals surface area contributed by atoms with E-state index in [4.69, 9.17) is 0 Å². The summed E-state index contributed by atoms with van der Waals surface area (Å²) in [6, 6.07) is 0. The van der Waals surface area contributed by atoms with Gasteiger partial charge in [0.2, 0.25) is 0 Å². The number of hydrogen-bond donors (Lipinski definition) is 1. The Kier molecular flexibility index (Phi) is 6.27. The molecule has 0 heterocycles. The zero-order valence-electron chi connectivity index (χ0n) is 12.4. The van der Waals surface area contributed by atoms with E-state index < -0.39 is 41.9 Å². The van der Waals surface area contributed by atoms with Gasteiger partial charge in [0.25, 0.3) is 0 Å². The van der Waals surface area contributed by atoms with Gasteiger partial charge in [-0.05, 0) is 13.3 Å². The maximum Gasteiger partial charge on any atom is 0.460 e. The van der Waals surface area contributed by atoms with Gasteiger partial charge in [-0.3, -0.25) is 0 Å². The van der Waals surface area contributed by atoms with Crippen molar-refractivity contribution in [3.63, 3.8) is 0 Å². The Morgan fingerprint density at radius 1 is 0.625 bits per heavy atom. The number of rotatable bonds is 8. The van der Waals surface area contributed by atoms with Gasteiger partial charge in [-0.1, -0.05) is 26.2 Å². The SMILES string of the molecule is CCCCCC(C)(O)C(F)(F)C(F)(F)C(F)(F)C(F)(F)C(F)(F)F. The van der Waals surface area contributed by atoms with Crippen LogP contribution in [0.3, 0.4) is 0 Å². The fourth-order valence-corrected chi connectivity index (χ4v) is 1.79. The molecule has 0 aliphatic rings. The van der Waals surface area contributed by atoms with E-state index >= 15 is 0 Å². The molecule has 0 aliphatic carbocycles. The molecular formula is C12H15F11O. The van der Waals surface area contributed by atoms with E-state index in [1.54, 1.807) is 6.92 Å². The van der Waals surface area contributed by atoms with Gasteiger partial charge in [0.05, 0.1) is 0 Å². The topological polar surface area (TPSA) is 20.2 Å². The van der Waals surface area contributed by atoms with Crippen molar-refractivity contribution in [1.82, 2.24) is 0 Å². The van der Waals surface area contributed by atoms with Crippen molar-refractivity contribution in [2.75, 3.05) is 0 Å². The zero-order valence-corrected chi connectivity index (χ0v) is 12.4. The Morgan fingerprint density at radius 2 is 1.00 bits per heavy atom. The van der Waals surface area contributed by atoms with Gasteiger partial charge < -0.3 is 5.11 Å². The van der Waals surface area contributed by atoms with Crippen LogP contribution in [0.4, 0.5) is 48.3 Å². The molecule has 0 rings (SSSR count). The highest BCUT2D eigenvalue weighted by molar-refractivity contribution is 5.11. The van der Waals surface area contributed by atoms with Crippen LogP contribution in [0.25, 0.3) is 0 Å². The number of alkyl halides is 11. The summed E-state index contributed by atoms with van der Waals surface area (Å²) in [5, 5.41) is 9.35. The van der Waals surface area contributed by atoms with Crippen LogP contribution in [0, 0.1) is 0 Å². The molecule has 12 heteroatoms. The van der Waals surface area contributed by atoms with Crippen molar-refractivity contribution >= 4 is 0 Å². The van der Waals surface area contributed by atoms with E-state index in [1.165, 1.54) is 0 Å². The van der Waals surface area contributed by atoms with Crippen molar-refractivity contribution in [3.8, 4) is 0 Å². The van der Waals surface area contributed by atoms with Crippen LogP contribution >= 0.6 is 0 Å². The average Bonchev–Trinajstić information content (AvgIpc) is 2.36. The van der Waals surface area contributed by atoms with Crippen LogP contribution in [0.5, 0.6) is 0 Å². The minimum atomic E-state index is -7.49.